The Morgan fingerprint density at radius 3 is 2.67 bits per heavy atom. The van der Waals surface area contributed by atoms with Crippen LogP contribution in [0.25, 0.3) is 0 Å². The van der Waals surface area contributed by atoms with Crippen molar-refractivity contribution in [3.8, 4) is 0 Å². The number of hydrogen-bond acceptors (Lipinski definition) is 2. The van der Waals surface area contributed by atoms with Gasteiger partial charge in [0.2, 0.25) is 0 Å². The van der Waals surface area contributed by atoms with Crippen molar-refractivity contribution in [2.24, 2.45) is 5.92 Å². The van der Waals surface area contributed by atoms with Crippen LogP contribution >= 0.6 is 0 Å². The molecule has 3 rings (SSSR count). The maximum Gasteiger partial charge on any atom is 0.0252 e. The molecule has 21 heavy (non-hydrogen) atoms. The summed E-state index contributed by atoms with van der Waals surface area (Å²) in [6.07, 6.45) is 7.22. The third kappa shape index (κ3) is 3.67. The predicted octanol–water partition coefficient (Wildman–Crippen LogP) is 3.66. The van der Waals surface area contributed by atoms with E-state index in [9.17, 15) is 0 Å². The molecule has 2 aliphatic rings. The summed E-state index contributed by atoms with van der Waals surface area (Å²) in [4.78, 5) is 2.75. The number of rotatable bonds is 3. The van der Waals surface area contributed by atoms with Gasteiger partial charge in [-0.25, -0.2) is 0 Å². The van der Waals surface area contributed by atoms with Gasteiger partial charge in [-0.05, 0) is 49.3 Å². The maximum atomic E-state index is 3.63. The van der Waals surface area contributed by atoms with Gasteiger partial charge in [-0.3, -0.25) is 4.90 Å². The smallest absolute Gasteiger partial charge is 0.0252 e. The first kappa shape index (κ1) is 15.1. The fraction of sp³-hybridized carbons (Fsp3) is 0.684. The average Bonchev–Trinajstić information content (AvgIpc) is 2.52. The molecule has 2 nitrogen and oxygen atoms in total. The van der Waals surface area contributed by atoms with Crippen molar-refractivity contribution >= 4 is 0 Å². The second-order valence-corrected chi connectivity index (χ2v) is 7.06. The Kier molecular flexibility index (Phi) is 4.97. The van der Waals surface area contributed by atoms with Gasteiger partial charge in [0, 0.05) is 32.2 Å². The molecule has 1 unspecified atom stereocenters. The number of aryl methyl sites for hydroxylation is 2. The van der Waals surface area contributed by atoms with Crippen LogP contribution in [0.5, 0.6) is 0 Å². The van der Waals surface area contributed by atoms with E-state index in [2.05, 4.69) is 42.3 Å². The normalized spacial score (nSPS) is 25.1. The molecule has 1 atom stereocenters. The summed E-state index contributed by atoms with van der Waals surface area (Å²) in [5.74, 6) is 0.915. The number of nitrogens with zero attached hydrogens (tertiary/aromatic N) is 1. The first-order chi connectivity index (χ1) is 10.2. The van der Waals surface area contributed by atoms with Gasteiger partial charge in [0.1, 0.15) is 0 Å². The van der Waals surface area contributed by atoms with Crippen LogP contribution in [-0.4, -0.2) is 30.6 Å². The fourth-order valence-corrected chi connectivity index (χ4v) is 4.08. The van der Waals surface area contributed by atoms with Crippen molar-refractivity contribution in [2.75, 3.05) is 19.6 Å². The predicted molar refractivity (Wildman–Crippen MR) is 89.6 cm³/mol. The van der Waals surface area contributed by atoms with Gasteiger partial charge in [0.25, 0.3) is 0 Å². The SMILES string of the molecule is Cc1ccc(CN2CCNCC2C2CCCCC2)cc1C. The zero-order valence-electron chi connectivity index (χ0n) is 13.7. The number of benzene rings is 1. The monoisotopic (exact) mass is 286 g/mol. The van der Waals surface area contributed by atoms with E-state index in [1.165, 1.54) is 61.9 Å². The molecule has 1 aromatic carbocycles. The Balaban J connectivity index is 1.69. The Morgan fingerprint density at radius 2 is 1.90 bits per heavy atom. The van der Waals surface area contributed by atoms with E-state index in [1.54, 1.807) is 0 Å². The molecule has 1 saturated carbocycles. The summed E-state index contributed by atoms with van der Waals surface area (Å²) in [6.45, 7) is 9.10. The van der Waals surface area contributed by atoms with Gasteiger partial charge >= 0.3 is 0 Å². The minimum absolute atomic E-state index is 0.751. The summed E-state index contributed by atoms with van der Waals surface area (Å²) in [7, 11) is 0. The van der Waals surface area contributed by atoms with Crippen molar-refractivity contribution in [1.29, 1.82) is 0 Å². The molecule has 116 valence electrons. The highest BCUT2D eigenvalue weighted by molar-refractivity contribution is 5.29. The van der Waals surface area contributed by atoms with Crippen LogP contribution in [0.3, 0.4) is 0 Å². The van der Waals surface area contributed by atoms with Gasteiger partial charge in [0.05, 0.1) is 0 Å². The highest BCUT2D eigenvalue weighted by atomic mass is 15.2. The molecule has 1 heterocycles. The number of hydrogen-bond donors (Lipinski definition) is 1. The number of piperazine rings is 1. The fourth-order valence-electron chi connectivity index (χ4n) is 4.08. The van der Waals surface area contributed by atoms with Crippen LogP contribution in [-0.2, 0) is 6.54 Å². The molecule has 0 bridgehead atoms. The van der Waals surface area contributed by atoms with Crippen LogP contribution in [0.2, 0.25) is 0 Å². The first-order valence-electron chi connectivity index (χ1n) is 8.75. The van der Waals surface area contributed by atoms with E-state index >= 15 is 0 Å². The van der Waals surface area contributed by atoms with Crippen LogP contribution < -0.4 is 5.32 Å². The Hall–Kier alpha value is -0.860. The second kappa shape index (κ2) is 6.93. The molecule has 1 aromatic rings. The van der Waals surface area contributed by atoms with E-state index in [0.29, 0.717) is 0 Å². The highest BCUT2D eigenvalue weighted by Crippen LogP contribution is 2.30. The van der Waals surface area contributed by atoms with E-state index < -0.39 is 0 Å². The lowest BCUT2D eigenvalue weighted by molar-refractivity contribution is 0.0860. The molecular weight excluding hydrogens is 256 g/mol. The van der Waals surface area contributed by atoms with Crippen LogP contribution in [0.4, 0.5) is 0 Å². The molecule has 0 aromatic heterocycles. The van der Waals surface area contributed by atoms with E-state index in [1.807, 2.05) is 0 Å². The molecule has 1 N–H and O–H groups in total. The van der Waals surface area contributed by atoms with Crippen LogP contribution in [0.1, 0.15) is 48.8 Å². The Bertz CT molecular complexity index is 463. The Morgan fingerprint density at radius 1 is 1.10 bits per heavy atom. The summed E-state index contributed by atoms with van der Waals surface area (Å²) >= 11 is 0. The van der Waals surface area contributed by atoms with Crippen molar-refractivity contribution < 1.29 is 0 Å². The topological polar surface area (TPSA) is 15.3 Å². The molecule has 0 radical (unpaired) electrons. The van der Waals surface area contributed by atoms with Crippen molar-refractivity contribution in [3.63, 3.8) is 0 Å². The molecule has 2 heteroatoms. The molecule has 0 amide bonds. The standard InChI is InChI=1S/C19H30N2/c1-15-8-9-17(12-16(15)2)14-21-11-10-20-13-19(21)18-6-4-3-5-7-18/h8-9,12,18-20H,3-7,10-11,13-14H2,1-2H3. The molecule has 1 aliphatic carbocycles. The summed E-state index contributed by atoms with van der Waals surface area (Å²) < 4.78 is 0. The third-order valence-corrected chi connectivity index (χ3v) is 5.55. The minimum atomic E-state index is 0.751. The lowest BCUT2D eigenvalue weighted by Crippen LogP contribution is -2.54. The third-order valence-electron chi connectivity index (χ3n) is 5.55. The summed E-state index contributed by atoms with van der Waals surface area (Å²) in [5, 5.41) is 3.63. The molecule has 1 saturated heterocycles. The van der Waals surface area contributed by atoms with Gasteiger partial charge in [0.15, 0.2) is 0 Å². The molecular formula is C19H30N2. The zero-order valence-corrected chi connectivity index (χ0v) is 13.7. The van der Waals surface area contributed by atoms with Gasteiger partial charge < -0.3 is 5.32 Å². The second-order valence-electron chi connectivity index (χ2n) is 7.06. The molecule has 2 fully saturated rings. The first-order valence-corrected chi connectivity index (χ1v) is 8.75. The van der Waals surface area contributed by atoms with Crippen molar-refractivity contribution in [3.05, 3.63) is 34.9 Å². The largest absolute Gasteiger partial charge is 0.314 e. The van der Waals surface area contributed by atoms with Crippen LogP contribution in [0.15, 0.2) is 18.2 Å². The van der Waals surface area contributed by atoms with Crippen molar-refractivity contribution in [1.82, 2.24) is 10.2 Å². The summed E-state index contributed by atoms with van der Waals surface area (Å²) in [5.41, 5.74) is 4.32. The number of nitrogens with one attached hydrogen (secondary N) is 1. The summed E-state index contributed by atoms with van der Waals surface area (Å²) in [6, 6.07) is 7.74. The highest BCUT2D eigenvalue weighted by Gasteiger charge is 2.30. The van der Waals surface area contributed by atoms with Crippen LogP contribution in [0, 0.1) is 19.8 Å². The van der Waals surface area contributed by atoms with Gasteiger partial charge in [-0.15, -0.1) is 0 Å². The quantitative estimate of drug-likeness (QED) is 0.912. The zero-order chi connectivity index (χ0) is 14.7. The molecule has 0 spiro atoms. The molecule has 1 aliphatic heterocycles. The van der Waals surface area contributed by atoms with E-state index in [-0.39, 0.29) is 0 Å². The van der Waals surface area contributed by atoms with Gasteiger partial charge in [-0.1, -0.05) is 37.5 Å². The lowest BCUT2D eigenvalue weighted by atomic mass is 9.82. The average molecular weight is 286 g/mol. The minimum Gasteiger partial charge on any atom is -0.314 e. The van der Waals surface area contributed by atoms with E-state index in [4.69, 9.17) is 0 Å². The lowest BCUT2D eigenvalue weighted by Gasteiger charge is -2.42. The maximum absolute atomic E-state index is 3.63. The van der Waals surface area contributed by atoms with Crippen molar-refractivity contribution in [2.45, 2.75) is 58.5 Å². The Labute approximate surface area is 129 Å². The van der Waals surface area contributed by atoms with Gasteiger partial charge in [-0.2, -0.15) is 0 Å². The van der Waals surface area contributed by atoms with E-state index in [0.717, 1.165) is 25.0 Å².